The number of benzene rings is 2. The van der Waals surface area contributed by atoms with Crippen LogP contribution in [0.3, 0.4) is 0 Å². The first kappa shape index (κ1) is 23.3. The van der Waals surface area contributed by atoms with Gasteiger partial charge in [0.15, 0.2) is 6.10 Å². The molecule has 0 amide bonds. The van der Waals surface area contributed by atoms with Crippen molar-refractivity contribution in [2.24, 2.45) is 15.7 Å². The maximum Gasteiger partial charge on any atom is 0.338 e. The van der Waals surface area contributed by atoms with Gasteiger partial charge < -0.3 is 25.1 Å². The summed E-state index contributed by atoms with van der Waals surface area (Å²) in [5.74, 6) is -5.97. The van der Waals surface area contributed by atoms with Crippen LogP contribution in [0.15, 0.2) is 70.6 Å². The zero-order valence-electron chi connectivity index (χ0n) is 17.5. The van der Waals surface area contributed by atoms with Crippen LogP contribution in [0, 0.1) is 0 Å². The number of aliphatic hydroxyl groups excluding tert-OH is 1. The Morgan fingerprint density at radius 3 is 2.24 bits per heavy atom. The molecular formula is C22H20F2N4O6. The largest absolute Gasteiger partial charge is 0.459 e. The molecule has 0 saturated carbocycles. The van der Waals surface area contributed by atoms with Crippen molar-refractivity contribution in [3.05, 3.63) is 71.8 Å². The first-order valence-corrected chi connectivity index (χ1v) is 10.1. The molecule has 2 aromatic carbocycles. The Balaban J connectivity index is 1.56. The van der Waals surface area contributed by atoms with Gasteiger partial charge in [-0.05, 0) is 24.3 Å². The van der Waals surface area contributed by atoms with E-state index in [1.165, 1.54) is 24.3 Å². The summed E-state index contributed by atoms with van der Waals surface area (Å²) in [4.78, 5) is 32.6. The first-order valence-electron chi connectivity index (χ1n) is 10.1. The van der Waals surface area contributed by atoms with Crippen molar-refractivity contribution in [3.8, 4) is 0 Å². The van der Waals surface area contributed by atoms with E-state index in [0.29, 0.717) is 4.90 Å². The summed E-state index contributed by atoms with van der Waals surface area (Å²) in [6.45, 7) is -0.654. The molecule has 0 aromatic heterocycles. The molecule has 0 radical (unpaired) electrons. The summed E-state index contributed by atoms with van der Waals surface area (Å²) >= 11 is 0. The van der Waals surface area contributed by atoms with Crippen LogP contribution in [0.4, 0.5) is 8.78 Å². The number of aliphatic hydroxyl groups is 1. The average Bonchev–Trinajstić information content (AvgIpc) is 3.08. The molecule has 4 atom stereocenters. The van der Waals surface area contributed by atoms with Gasteiger partial charge in [-0.3, -0.25) is 4.90 Å². The molecule has 2 heterocycles. The maximum absolute atomic E-state index is 15.5. The van der Waals surface area contributed by atoms with Crippen LogP contribution in [0.2, 0.25) is 0 Å². The molecule has 12 heteroatoms. The number of guanidine groups is 1. The summed E-state index contributed by atoms with van der Waals surface area (Å²) in [7, 11) is 0. The predicted molar refractivity (Wildman–Crippen MR) is 114 cm³/mol. The molecule has 1 fully saturated rings. The second kappa shape index (κ2) is 9.53. The Hall–Kier alpha value is -3.90. The lowest BCUT2D eigenvalue weighted by atomic mass is 10.1. The highest BCUT2D eigenvalue weighted by Crippen LogP contribution is 2.41. The fraction of sp³-hybridized carbons (Fsp3) is 0.273. The third kappa shape index (κ3) is 4.72. The van der Waals surface area contributed by atoms with E-state index in [2.05, 4.69) is 9.98 Å². The number of carbonyl (C=O) groups is 2. The quantitative estimate of drug-likeness (QED) is 0.599. The van der Waals surface area contributed by atoms with E-state index in [0.717, 1.165) is 6.34 Å². The average molecular weight is 474 g/mol. The van der Waals surface area contributed by atoms with Crippen molar-refractivity contribution in [3.63, 3.8) is 0 Å². The van der Waals surface area contributed by atoms with Crippen LogP contribution in [0.25, 0.3) is 0 Å². The minimum Gasteiger partial charge on any atom is -0.459 e. The Bertz CT molecular complexity index is 1100. The minimum atomic E-state index is -3.86. The SMILES string of the molecule is NC1=NC(O)N(C2O[C@H](COC(=O)c3ccccc3)[C@@H](OC(=O)c3ccccc3)C2(F)F)C=N1. The number of nitrogens with two attached hydrogens (primary N) is 1. The van der Waals surface area contributed by atoms with Crippen molar-refractivity contribution in [2.75, 3.05) is 6.61 Å². The van der Waals surface area contributed by atoms with Gasteiger partial charge in [0.25, 0.3) is 0 Å². The molecular weight excluding hydrogens is 454 g/mol. The zero-order valence-corrected chi connectivity index (χ0v) is 17.5. The summed E-state index contributed by atoms with van der Waals surface area (Å²) in [6, 6.07) is 15.4. The molecule has 0 bridgehead atoms. The van der Waals surface area contributed by atoms with E-state index in [9.17, 15) is 14.7 Å². The Kier molecular flexibility index (Phi) is 6.52. The van der Waals surface area contributed by atoms with Gasteiger partial charge in [-0.2, -0.15) is 13.8 Å². The van der Waals surface area contributed by atoms with Gasteiger partial charge in [0, 0.05) is 0 Å². The first-order chi connectivity index (χ1) is 16.3. The van der Waals surface area contributed by atoms with Gasteiger partial charge in [-0.1, -0.05) is 36.4 Å². The number of hydrogen-bond donors (Lipinski definition) is 2. The van der Waals surface area contributed by atoms with Crippen LogP contribution in [0.1, 0.15) is 20.7 Å². The smallest absolute Gasteiger partial charge is 0.338 e. The maximum atomic E-state index is 15.5. The zero-order chi connectivity index (χ0) is 24.3. The molecule has 2 unspecified atom stereocenters. The van der Waals surface area contributed by atoms with Crippen LogP contribution in [0.5, 0.6) is 0 Å². The summed E-state index contributed by atoms with van der Waals surface area (Å²) in [5.41, 5.74) is 5.62. The van der Waals surface area contributed by atoms with Crippen LogP contribution in [-0.2, 0) is 14.2 Å². The molecule has 2 aliphatic rings. The number of carbonyl (C=O) groups excluding carboxylic acids is 2. The number of nitrogens with zero attached hydrogens (tertiary/aromatic N) is 3. The van der Waals surface area contributed by atoms with Crippen LogP contribution >= 0.6 is 0 Å². The van der Waals surface area contributed by atoms with Crippen LogP contribution in [-0.4, -0.2) is 71.6 Å². The van der Waals surface area contributed by atoms with Crippen molar-refractivity contribution >= 4 is 24.2 Å². The van der Waals surface area contributed by atoms with Gasteiger partial charge in [0.1, 0.15) is 19.0 Å². The Labute approximate surface area is 192 Å². The van der Waals surface area contributed by atoms with Gasteiger partial charge in [-0.15, -0.1) is 0 Å². The number of rotatable bonds is 6. The Morgan fingerprint density at radius 2 is 1.65 bits per heavy atom. The predicted octanol–water partition coefficient (Wildman–Crippen LogP) is 1.36. The molecule has 2 aliphatic heterocycles. The lowest BCUT2D eigenvalue weighted by Gasteiger charge is -2.33. The van der Waals surface area contributed by atoms with Crippen molar-refractivity contribution in [1.29, 1.82) is 0 Å². The third-order valence-corrected chi connectivity index (χ3v) is 5.09. The highest BCUT2D eigenvalue weighted by Gasteiger charge is 2.64. The molecule has 4 rings (SSSR count). The molecule has 178 valence electrons. The highest BCUT2D eigenvalue weighted by atomic mass is 19.3. The number of hydrogen-bond acceptors (Lipinski definition) is 10. The van der Waals surface area contributed by atoms with Crippen molar-refractivity contribution in [2.45, 2.75) is 30.7 Å². The second-order valence-electron chi connectivity index (χ2n) is 7.38. The van der Waals surface area contributed by atoms with E-state index in [1.54, 1.807) is 36.4 Å². The van der Waals surface area contributed by atoms with E-state index in [-0.39, 0.29) is 17.1 Å². The van der Waals surface area contributed by atoms with E-state index in [4.69, 9.17) is 19.9 Å². The van der Waals surface area contributed by atoms with Crippen molar-refractivity contribution in [1.82, 2.24) is 4.90 Å². The van der Waals surface area contributed by atoms with E-state index in [1.807, 2.05) is 0 Å². The van der Waals surface area contributed by atoms with Gasteiger partial charge >= 0.3 is 17.9 Å². The van der Waals surface area contributed by atoms with Crippen molar-refractivity contribution < 1.29 is 37.7 Å². The number of ether oxygens (including phenoxy) is 3. The lowest BCUT2D eigenvalue weighted by molar-refractivity contribution is -0.176. The molecule has 34 heavy (non-hydrogen) atoms. The fourth-order valence-corrected chi connectivity index (χ4v) is 3.42. The number of alkyl halides is 2. The molecule has 0 aliphatic carbocycles. The molecule has 10 nitrogen and oxygen atoms in total. The van der Waals surface area contributed by atoms with E-state index >= 15 is 8.78 Å². The molecule has 3 N–H and O–H groups in total. The van der Waals surface area contributed by atoms with Crippen LogP contribution < -0.4 is 5.73 Å². The number of esters is 2. The van der Waals surface area contributed by atoms with Gasteiger partial charge in [0.05, 0.1) is 11.1 Å². The molecule has 1 saturated heterocycles. The van der Waals surface area contributed by atoms with Gasteiger partial charge in [0.2, 0.25) is 18.5 Å². The summed E-state index contributed by atoms with van der Waals surface area (Å²) in [5, 5.41) is 10.1. The lowest BCUT2D eigenvalue weighted by Crippen LogP contribution is -2.54. The standard InChI is InChI=1S/C22H20F2N4O6/c23-22(24)16(34-18(30)14-9-5-2-6-10-14)15(11-32-17(29)13-7-3-1-4-8-13)33-19(22)28-12-26-20(25)27-21(28)31/h1-10,12,15-16,19,21,31H,11H2,(H2,25,27)/t15-,16-,19?,21?/m1/s1. The monoisotopic (exact) mass is 474 g/mol. The summed E-state index contributed by atoms with van der Waals surface area (Å²) in [6.07, 6.45) is -6.83. The summed E-state index contributed by atoms with van der Waals surface area (Å²) < 4.78 is 46.6. The topological polar surface area (TPSA) is 136 Å². The number of aliphatic imine (C=N–C) groups is 2. The van der Waals surface area contributed by atoms with E-state index < -0.39 is 49.3 Å². The number of halogens is 2. The third-order valence-electron chi connectivity index (χ3n) is 5.09. The second-order valence-corrected chi connectivity index (χ2v) is 7.38. The minimum absolute atomic E-state index is 0.0405. The normalized spacial score (nSPS) is 25.5. The highest BCUT2D eigenvalue weighted by molar-refractivity contribution is 5.90. The Morgan fingerprint density at radius 1 is 1.06 bits per heavy atom. The molecule has 2 aromatic rings. The molecule has 0 spiro atoms. The van der Waals surface area contributed by atoms with Gasteiger partial charge in [-0.25, -0.2) is 14.6 Å². The fourth-order valence-electron chi connectivity index (χ4n) is 3.42.